The number of aromatic carboxylic acids is 1. The van der Waals surface area contributed by atoms with Crippen molar-refractivity contribution in [2.24, 2.45) is 0 Å². The third-order valence-corrected chi connectivity index (χ3v) is 2.59. The van der Waals surface area contributed by atoms with Crippen LogP contribution in [0.25, 0.3) is 0 Å². The summed E-state index contributed by atoms with van der Waals surface area (Å²) in [5.41, 5.74) is 8.33. The minimum Gasteiger partial charge on any atom is -0.478 e. The zero-order valence-corrected chi connectivity index (χ0v) is 7.95. The molecule has 0 aliphatic carbocycles. The minimum atomic E-state index is -0.899. The Bertz CT molecular complexity index is 401. The van der Waals surface area contributed by atoms with Gasteiger partial charge >= 0.3 is 5.97 Å². The normalized spacial score (nSPS) is 14.2. The van der Waals surface area contributed by atoms with Crippen molar-refractivity contribution in [1.29, 1.82) is 0 Å². The Kier molecular flexibility index (Phi) is 1.84. The van der Waals surface area contributed by atoms with E-state index in [9.17, 15) is 4.79 Å². The molecule has 1 aromatic rings. The summed E-state index contributed by atoms with van der Waals surface area (Å²) >= 11 is 0. The van der Waals surface area contributed by atoms with Gasteiger partial charge in [-0.2, -0.15) is 0 Å². The Hall–Kier alpha value is -1.71. The molecule has 0 atom stereocenters. The van der Waals surface area contributed by atoms with Crippen LogP contribution in [-0.2, 0) is 6.42 Å². The summed E-state index contributed by atoms with van der Waals surface area (Å²) in [5.74, 6) is -0.899. The Morgan fingerprint density at radius 3 is 2.93 bits per heavy atom. The SMILES string of the molecule is CN1CCc2c(C(=O)O)cc(N)cc21. The molecule has 2 rings (SSSR count). The predicted molar refractivity (Wildman–Crippen MR) is 54.8 cm³/mol. The Labute approximate surface area is 81.9 Å². The summed E-state index contributed by atoms with van der Waals surface area (Å²) < 4.78 is 0. The summed E-state index contributed by atoms with van der Waals surface area (Å²) in [7, 11) is 1.94. The average molecular weight is 192 g/mol. The van der Waals surface area contributed by atoms with Crippen LogP contribution in [0.2, 0.25) is 0 Å². The maximum atomic E-state index is 10.9. The molecule has 0 spiro atoms. The highest BCUT2D eigenvalue weighted by atomic mass is 16.4. The van der Waals surface area contributed by atoms with Gasteiger partial charge in [0.2, 0.25) is 0 Å². The fourth-order valence-corrected chi connectivity index (χ4v) is 1.87. The van der Waals surface area contributed by atoms with E-state index >= 15 is 0 Å². The Morgan fingerprint density at radius 1 is 1.57 bits per heavy atom. The van der Waals surface area contributed by atoms with Crippen LogP contribution in [0.3, 0.4) is 0 Å². The predicted octanol–water partition coefficient (Wildman–Crippen LogP) is 0.959. The maximum absolute atomic E-state index is 10.9. The summed E-state index contributed by atoms with van der Waals surface area (Å²) in [4.78, 5) is 13.0. The lowest BCUT2D eigenvalue weighted by Crippen LogP contribution is -2.12. The highest BCUT2D eigenvalue weighted by Crippen LogP contribution is 2.32. The molecule has 3 N–H and O–H groups in total. The standard InChI is InChI=1S/C10H12N2O2/c1-12-3-2-7-8(10(13)14)4-6(11)5-9(7)12/h4-5H,2-3,11H2,1H3,(H,13,14). The fourth-order valence-electron chi connectivity index (χ4n) is 1.87. The number of hydrogen-bond donors (Lipinski definition) is 2. The van der Waals surface area contributed by atoms with Crippen molar-refractivity contribution in [3.8, 4) is 0 Å². The lowest BCUT2D eigenvalue weighted by Gasteiger charge is -2.13. The number of nitrogens with two attached hydrogens (primary N) is 1. The topological polar surface area (TPSA) is 66.6 Å². The van der Waals surface area contributed by atoms with Crippen LogP contribution in [0, 0.1) is 0 Å². The molecule has 0 aromatic heterocycles. The molecule has 0 radical (unpaired) electrons. The molecular weight excluding hydrogens is 180 g/mol. The molecule has 1 heterocycles. The number of rotatable bonds is 1. The second kappa shape index (κ2) is 2.90. The highest BCUT2D eigenvalue weighted by Gasteiger charge is 2.22. The largest absolute Gasteiger partial charge is 0.478 e. The van der Waals surface area contributed by atoms with Gasteiger partial charge in [0.1, 0.15) is 0 Å². The van der Waals surface area contributed by atoms with Crippen molar-refractivity contribution in [2.45, 2.75) is 6.42 Å². The van der Waals surface area contributed by atoms with Gasteiger partial charge in [-0.15, -0.1) is 0 Å². The molecule has 74 valence electrons. The van der Waals surface area contributed by atoms with Crippen molar-refractivity contribution in [1.82, 2.24) is 0 Å². The quantitative estimate of drug-likeness (QED) is 0.650. The summed E-state index contributed by atoms with van der Waals surface area (Å²) in [6.07, 6.45) is 0.785. The Morgan fingerprint density at radius 2 is 2.29 bits per heavy atom. The molecule has 0 fully saturated rings. The maximum Gasteiger partial charge on any atom is 0.336 e. The second-order valence-electron chi connectivity index (χ2n) is 3.54. The van der Waals surface area contributed by atoms with E-state index in [1.807, 2.05) is 18.0 Å². The molecule has 0 saturated carbocycles. The molecule has 4 heteroatoms. The van der Waals surface area contributed by atoms with Gasteiger partial charge in [-0.1, -0.05) is 0 Å². The van der Waals surface area contributed by atoms with Crippen molar-refractivity contribution >= 4 is 17.3 Å². The molecule has 0 saturated heterocycles. The number of hydrogen-bond acceptors (Lipinski definition) is 3. The van der Waals surface area contributed by atoms with E-state index in [4.69, 9.17) is 10.8 Å². The van der Waals surface area contributed by atoms with E-state index in [0.29, 0.717) is 11.3 Å². The van der Waals surface area contributed by atoms with Crippen LogP contribution in [0.1, 0.15) is 15.9 Å². The number of nitrogens with zero attached hydrogens (tertiary/aromatic N) is 1. The molecule has 0 unspecified atom stereocenters. The summed E-state index contributed by atoms with van der Waals surface area (Å²) in [6, 6.07) is 3.36. The van der Waals surface area contributed by atoms with E-state index in [2.05, 4.69) is 0 Å². The first-order valence-electron chi connectivity index (χ1n) is 4.46. The van der Waals surface area contributed by atoms with Crippen LogP contribution in [0.15, 0.2) is 12.1 Å². The summed E-state index contributed by atoms with van der Waals surface area (Å²) in [6.45, 7) is 0.860. The lowest BCUT2D eigenvalue weighted by molar-refractivity contribution is 0.0696. The average Bonchev–Trinajstić information content (AvgIpc) is 2.47. The minimum absolute atomic E-state index is 0.337. The number of fused-ring (bicyclic) bond motifs is 1. The van der Waals surface area contributed by atoms with Crippen LogP contribution < -0.4 is 10.6 Å². The number of carboxylic acids is 1. The van der Waals surface area contributed by atoms with Crippen molar-refractivity contribution < 1.29 is 9.90 Å². The highest BCUT2D eigenvalue weighted by molar-refractivity contribution is 5.93. The smallest absolute Gasteiger partial charge is 0.336 e. The zero-order valence-electron chi connectivity index (χ0n) is 7.95. The van der Waals surface area contributed by atoms with E-state index < -0.39 is 5.97 Å². The van der Waals surface area contributed by atoms with Gasteiger partial charge < -0.3 is 15.7 Å². The first-order valence-corrected chi connectivity index (χ1v) is 4.46. The van der Waals surface area contributed by atoms with Crippen LogP contribution in [0.5, 0.6) is 0 Å². The number of likely N-dealkylation sites (N-methyl/N-ethyl adjacent to an activating group) is 1. The molecule has 0 bridgehead atoms. The first-order chi connectivity index (χ1) is 6.59. The Balaban J connectivity index is 2.63. The van der Waals surface area contributed by atoms with Gasteiger partial charge in [-0.25, -0.2) is 4.79 Å². The number of carbonyl (C=O) groups is 1. The van der Waals surface area contributed by atoms with Gasteiger partial charge in [0.25, 0.3) is 0 Å². The van der Waals surface area contributed by atoms with E-state index in [1.54, 1.807) is 0 Å². The van der Waals surface area contributed by atoms with Gasteiger partial charge in [0, 0.05) is 25.0 Å². The van der Waals surface area contributed by atoms with E-state index in [1.165, 1.54) is 6.07 Å². The summed E-state index contributed by atoms with van der Waals surface area (Å²) in [5, 5.41) is 8.99. The first kappa shape index (κ1) is 8.87. The van der Waals surface area contributed by atoms with Crippen LogP contribution in [0.4, 0.5) is 11.4 Å². The molecule has 4 nitrogen and oxygen atoms in total. The van der Waals surface area contributed by atoms with Gasteiger partial charge in [0.15, 0.2) is 0 Å². The molecule has 0 amide bonds. The van der Waals surface area contributed by atoms with E-state index in [-0.39, 0.29) is 0 Å². The monoisotopic (exact) mass is 192 g/mol. The van der Waals surface area contributed by atoms with Crippen LogP contribution >= 0.6 is 0 Å². The van der Waals surface area contributed by atoms with Gasteiger partial charge in [0.05, 0.1) is 5.56 Å². The van der Waals surface area contributed by atoms with Gasteiger partial charge in [-0.3, -0.25) is 0 Å². The lowest BCUT2D eigenvalue weighted by atomic mass is 10.0. The number of carboxylic acid groups (broad SMARTS) is 1. The third kappa shape index (κ3) is 1.19. The van der Waals surface area contributed by atoms with E-state index in [0.717, 1.165) is 24.2 Å². The molecular formula is C10H12N2O2. The van der Waals surface area contributed by atoms with Crippen molar-refractivity contribution in [2.75, 3.05) is 24.2 Å². The molecule has 14 heavy (non-hydrogen) atoms. The van der Waals surface area contributed by atoms with Crippen LogP contribution in [-0.4, -0.2) is 24.7 Å². The molecule has 1 aromatic carbocycles. The van der Waals surface area contributed by atoms with Crippen molar-refractivity contribution in [3.63, 3.8) is 0 Å². The second-order valence-corrected chi connectivity index (χ2v) is 3.54. The fraction of sp³-hybridized carbons (Fsp3) is 0.300. The van der Waals surface area contributed by atoms with Gasteiger partial charge in [-0.05, 0) is 24.1 Å². The number of nitrogen functional groups attached to an aromatic ring is 1. The number of anilines is 2. The molecule has 1 aliphatic heterocycles. The zero-order chi connectivity index (χ0) is 10.3. The molecule has 1 aliphatic rings. The third-order valence-electron chi connectivity index (χ3n) is 2.59. The number of benzene rings is 1. The van der Waals surface area contributed by atoms with Crippen molar-refractivity contribution in [3.05, 3.63) is 23.3 Å².